The van der Waals surface area contributed by atoms with Crippen molar-refractivity contribution in [2.45, 2.75) is 13.0 Å². The number of nitrogens with one attached hydrogen (secondary N) is 1. The van der Waals surface area contributed by atoms with E-state index in [9.17, 15) is 4.79 Å². The highest BCUT2D eigenvalue weighted by Gasteiger charge is 2.18. The van der Waals surface area contributed by atoms with Crippen molar-refractivity contribution in [2.24, 2.45) is 0 Å². The molecule has 0 aliphatic carbocycles. The van der Waals surface area contributed by atoms with Gasteiger partial charge < -0.3 is 14.5 Å². The summed E-state index contributed by atoms with van der Waals surface area (Å²) in [6, 6.07) is 16.5. The lowest BCUT2D eigenvalue weighted by Crippen LogP contribution is -2.30. The number of carbonyl (C=O) groups is 1. The molecule has 0 saturated carbocycles. The Balaban J connectivity index is 1.34. The third-order valence-corrected chi connectivity index (χ3v) is 5.86. The Bertz CT molecular complexity index is 1400. The van der Waals surface area contributed by atoms with Gasteiger partial charge in [-0.15, -0.1) is 11.3 Å². The van der Waals surface area contributed by atoms with Gasteiger partial charge in [-0.2, -0.15) is 0 Å². The lowest BCUT2D eigenvalue weighted by molar-refractivity contribution is -0.122. The molecule has 1 atom stereocenters. The molecule has 31 heavy (non-hydrogen) atoms. The molecule has 0 saturated heterocycles. The van der Waals surface area contributed by atoms with Crippen LogP contribution in [-0.4, -0.2) is 22.0 Å². The Labute approximate surface area is 186 Å². The zero-order valence-electron chi connectivity index (χ0n) is 16.3. The zero-order chi connectivity index (χ0) is 21.4. The summed E-state index contributed by atoms with van der Waals surface area (Å²) in [6.07, 6.45) is 0.981. The van der Waals surface area contributed by atoms with Crippen LogP contribution in [0.2, 0.25) is 5.02 Å². The predicted octanol–water partition coefficient (Wildman–Crippen LogP) is 6.16. The molecule has 5 rings (SSSR count). The number of fused-ring (bicyclic) bond motifs is 2. The second kappa shape index (κ2) is 8.02. The number of benzene rings is 3. The number of nitrogens with zero attached hydrogens (tertiary/aromatic N) is 2. The molecule has 1 amide bonds. The summed E-state index contributed by atoms with van der Waals surface area (Å²) in [6.45, 7) is 1.70. The van der Waals surface area contributed by atoms with E-state index < -0.39 is 6.10 Å². The molecule has 8 heteroatoms. The van der Waals surface area contributed by atoms with Gasteiger partial charge in [0.05, 0.1) is 0 Å². The number of carbonyl (C=O) groups excluding carboxylic acids is 1. The summed E-state index contributed by atoms with van der Waals surface area (Å²) < 4.78 is 11.7. The third-order valence-electron chi connectivity index (χ3n) is 4.77. The van der Waals surface area contributed by atoms with Gasteiger partial charge in [0.1, 0.15) is 11.3 Å². The first kappa shape index (κ1) is 19.5. The summed E-state index contributed by atoms with van der Waals surface area (Å²) in [5.41, 5.74) is 1.87. The first-order valence-electron chi connectivity index (χ1n) is 9.54. The number of hydrogen-bond donors (Lipinski definition) is 1. The highest BCUT2D eigenvalue weighted by molar-refractivity contribution is 7.12. The molecule has 0 fully saturated rings. The second-order valence-corrected chi connectivity index (χ2v) is 8.18. The molecule has 6 nitrogen and oxygen atoms in total. The maximum absolute atomic E-state index is 12.7. The average Bonchev–Trinajstić information content (AvgIpc) is 3.45. The fraction of sp³-hybridized carbons (Fsp3) is 0.0870. The number of rotatable bonds is 5. The Hall–Kier alpha value is -3.42. The number of aromatic nitrogens is 2. The van der Waals surface area contributed by atoms with E-state index in [1.54, 1.807) is 43.5 Å². The number of amides is 1. The van der Waals surface area contributed by atoms with Crippen molar-refractivity contribution < 1.29 is 13.9 Å². The van der Waals surface area contributed by atoms with Crippen LogP contribution in [0.1, 0.15) is 6.92 Å². The van der Waals surface area contributed by atoms with Crippen LogP contribution in [0.3, 0.4) is 0 Å². The van der Waals surface area contributed by atoms with Gasteiger partial charge in [-0.25, -0.2) is 9.97 Å². The first-order valence-corrected chi connectivity index (χ1v) is 10.8. The molecule has 0 aliphatic rings. The van der Waals surface area contributed by atoms with Gasteiger partial charge in [-0.05, 0) is 37.3 Å². The molecular formula is C23H16ClN3O3S. The molecule has 5 aromatic rings. The lowest BCUT2D eigenvalue weighted by atomic mass is 10.1. The van der Waals surface area contributed by atoms with Crippen LogP contribution >= 0.6 is 22.9 Å². The largest absolute Gasteiger partial charge is 0.480 e. The smallest absolute Gasteiger partial charge is 0.265 e. The van der Waals surface area contributed by atoms with E-state index in [1.807, 2.05) is 29.6 Å². The molecule has 3 aromatic carbocycles. The van der Waals surface area contributed by atoms with E-state index in [0.717, 1.165) is 10.8 Å². The van der Waals surface area contributed by atoms with Crippen molar-refractivity contribution in [1.82, 2.24) is 9.97 Å². The molecule has 1 N–H and O–H groups in total. The zero-order valence-corrected chi connectivity index (χ0v) is 17.9. The van der Waals surface area contributed by atoms with E-state index in [2.05, 4.69) is 15.3 Å². The van der Waals surface area contributed by atoms with E-state index in [4.69, 9.17) is 20.8 Å². The molecular weight excluding hydrogens is 434 g/mol. The quantitative estimate of drug-likeness (QED) is 0.347. The summed E-state index contributed by atoms with van der Waals surface area (Å²) in [4.78, 5) is 21.4. The van der Waals surface area contributed by atoms with Crippen molar-refractivity contribution in [3.05, 3.63) is 71.2 Å². The van der Waals surface area contributed by atoms with Crippen molar-refractivity contribution in [3.63, 3.8) is 0 Å². The number of thiazole rings is 1. The first-order chi connectivity index (χ1) is 15.1. The molecule has 0 bridgehead atoms. The highest BCUT2D eigenvalue weighted by atomic mass is 35.5. The summed E-state index contributed by atoms with van der Waals surface area (Å²) >= 11 is 7.72. The van der Waals surface area contributed by atoms with Crippen LogP contribution in [0.25, 0.3) is 32.8 Å². The van der Waals surface area contributed by atoms with Gasteiger partial charge in [0.2, 0.25) is 0 Å². The van der Waals surface area contributed by atoms with E-state index in [1.165, 1.54) is 11.3 Å². The third kappa shape index (κ3) is 3.85. The van der Waals surface area contributed by atoms with Crippen molar-refractivity contribution in [1.29, 1.82) is 0 Å². The minimum Gasteiger partial charge on any atom is -0.480 e. The molecule has 154 valence electrons. The summed E-state index contributed by atoms with van der Waals surface area (Å²) in [5.74, 6) is 0.782. The molecule has 1 unspecified atom stereocenters. The minimum absolute atomic E-state index is 0.276. The van der Waals surface area contributed by atoms with Gasteiger partial charge >= 0.3 is 0 Å². The van der Waals surface area contributed by atoms with Crippen LogP contribution in [0.4, 0.5) is 5.69 Å². The normalized spacial score (nSPS) is 12.2. The maximum Gasteiger partial charge on any atom is 0.265 e. The number of halogens is 1. The van der Waals surface area contributed by atoms with Gasteiger partial charge in [0, 0.05) is 33.1 Å². The topological polar surface area (TPSA) is 77.2 Å². The monoisotopic (exact) mass is 449 g/mol. The molecule has 2 aromatic heterocycles. The highest BCUT2D eigenvalue weighted by Crippen LogP contribution is 2.32. The Morgan fingerprint density at radius 1 is 1.16 bits per heavy atom. The average molecular weight is 450 g/mol. The van der Waals surface area contributed by atoms with E-state index >= 15 is 0 Å². The van der Waals surface area contributed by atoms with Crippen molar-refractivity contribution in [2.75, 3.05) is 5.32 Å². The predicted molar refractivity (Wildman–Crippen MR) is 123 cm³/mol. The Morgan fingerprint density at radius 3 is 2.81 bits per heavy atom. The van der Waals surface area contributed by atoms with Gasteiger partial charge in [-0.3, -0.25) is 4.79 Å². The number of hydrogen-bond acceptors (Lipinski definition) is 6. The Morgan fingerprint density at radius 2 is 2.00 bits per heavy atom. The molecule has 0 radical (unpaired) electrons. The maximum atomic E-state index is 12.7. The lowest BCUT2D eigenvalue weighted by Gasteiger charge is -2.16. The minimum atomic E-state index is -0.719. The standard InChI is InChI=1S/C23H16ClN3O3S/c1-13(29-19-9-7-17(24)15-4-2-3-5-16(15)19)21(28)26-14-6-8-20-18(12-14)27-22(30-20)23-25-10-11-31-23/h2-13H,1H3,(H,26,28). The van der Waals surface area contributed by atoms with Crippen molar-refractivity contribution in [3.8, 4) is 16.6 Å². The molecule has 0 spiro atoms. The van der Waals surface area contributed by atoms with Crippen LogP contribution in [0.5, 0.6) is 5.75 Å². The van der Waals surface area contributed by atoms with Crippen molar-refractivity contribution >= 4 is 56.4 Å². The number of ether oxygens (including phenoxy) is 1. The summed E-state index contributed by atoms with van der Waals surface area (Å²) in [5, 5.41) is 7.81. The fourth-order valence-corrected chi connectivity index (χ4v) is 4.04. The molecule has 0 aliphatic heterocycles. The second-order valence-electron chi connectivity index (χ2n) is 6.88. The van der Waals surface area contributed by atoms with Crippen LogP contribution in [0.15, 0.2) is 70.6 Å². The SMILES string of the molecule is CC(Oc1ccc(Cl)c2ccccc12)C(=O)Nc1ccc2oc(-c3nccs3)nc2c1. The number of oxazole rings is 1. The van der Waals surface area contributed by atoms with E-state index in [-0.39, 0.29) is 5.91 Å². The van der Waals surface area contributed by atoms with Crippen LogP contribution in [-0.2, 0) is 4.79 Å². The fourth-order valence-electron chi connectivity index (χ4n) is 3.25. The van der Waals surface area contributed by atoms with Gasteiger partial charge in [0.25, 0.3) is 11.8 Å². The molecule has 2 heterocycles. The van der Waals surface area contributed by atoms with Crippen LogP contribution < -0.4 is 10.1 Å². The van der Waals surface area contributed by atoms with Gasteiger partial charge in [0.15, 0.2) is 16.7 Å². The van der Waals surface area contributed by atoms with Crippen LogP contribution in [0, 0.1) is 0 Å². The summed E-state index contributed by atoms with van der Waals surface area (Å²) in [7, 11) is 0. The van der Waals surface area contributed by atoms with Gasteiger partial charge in [-0.1, -0.05) is 35.9 Å². The van der Waals surface area contributed by atoms with E-state index in [0.29, 0.717) is 38.5 Å². The number of anilines is 1. The Kier molecular flexibility index (Phi) is 5.05.